The molecular weight excluding hydrogens is 454 g/mol. The molecule has 3 amide bonds. The second-order valence-electron chi connectivity index (χ2n) is 10.2. The molecule has 0 radical (unpaired) electrons. The summed E-state index contributed by atoms with van der Waals surface area (Å²) < 4.78 is 5.40. The summed E-state index contributed by atoms with van der Waals surface area (Å²) in [5.74, 6) is -0.634. The number of aryl methyl sites for hydroxylation is 1. The van der Waals surface area contributed by atoms with Gasteiger partial charge < -0.3 is 20.3 Å². The van der Waals surface area contributed by atoms with Gasteiger partial charge in [-0.25, -0.2) is 4.79 Å². The number of carbonyl (C=O) groups excluding carboxylic acids is 3. The van der Waals surface area contributed by atoms with E-state index in [4.69, 9.17) is 4.74 Å². The number of nitrogens with one attached hydrogen (secondary N) is 2. The maximum absolute atomic E-state index is 13.9. The van der Waals surface area contributed by atoms with Crippen LogP contribution in [0.25, 0.3) is 0 Å². The van der Waals surface area contributed by atoms with Gasteiger partial charge >= 0.3 is 6.09 Å². The zero-order chi connectivity index (χ0) is 26.9. The van der Waals surface area contributed by atoms with Crippen LogP contribution in [0.5, 0.6) is 0 Å². The molecule has 0 aromatic heterocycles. The highest BCUT2D eigenvalue weighted by atomic mass is 16.6. The second kappa shape index (κ2) is 12.9. The molecule has 36 heavy (non-hydrogen) atoms. The van der Waals surface area contributed by atoms with Gasteiger partial charge in [-0.2, -0.15) is 0 Å². The largest absolute Gasteiger partial charge is 0.444 e. The fourth-order valence-electron chi connectivity index (χ4n) is 3.83. The summed E-state index contributed by atoms with van der Waals surface area (Å²) >= 11 is 0. The SMILES string of the molecule is C=CCN(C(=O)C(CC(C)C)NC(=O)OC(C)(C)C)C(C(=O)Nc1ccccc1C)c1ccccc1. The third kappa shape index (κ3) is 8.56. The van der Waals surface area contributed by atoms with Gasteiger partial charge in [-0.3, -0.25) is 9.59 Å². The van der Waals surface area contributed by atoms with Crippen LogP contribution in [0.1, 0.15) is 58.2 Å². The van der Waals surface area contributed by atoms with Gasteiger partial charge in [0.2, 0.25) is 5.91 Å². The molecule has 0 heterocycles. The van der Waals surface area contributed by atoms with Crippen molar-refractivity contribution in [3.05, 3.63) is 78.4 Å². The van der Waals surface area contributed by atoms with Gasteiger partial charge in [0.1, 0.15) is 17.7 Å². The van der Waals surface area contributed by atoms with Gasteiger partial charge in [0.15, 0.2) is 0 Å². The van der Waals surface area contributed by atoms with Crippen molar-refractivity contribution in [2.24, 2.45) is 5.92 Å². The molecule has 2 unspecified atom stereocenters. The van der Waals surface area contributed by atoms with Gasteiger partial charge in [0, 0.05) is 12.2 Å². The molecule has 0 bridgehead atoms. The van der Waals surface area contributed by atoms with Crippen molar-refractivity contribution in [1.82, 2.24) is 10.2 Å². The molecule has 0 aliphatic carbocycles. The first kappa shape index (κ1) is 28.6. The maximum atomic E-state index is 13.9. The lowest BCUT2D eigenvalue weighted by Crippen LogP contribution is -2.52. The molecule has 194 valence electrons. The Morgan fingerprint density at radius 2 is 1.64 bits per heavy atom. The molecular formula is C29H39N3O4. The Kier molecular flexibility index (Phi) is 10.3. The third-order valence-electron chi connectivity index (χ3n) is 5.38. The van der Waals surface area contributed by atoms with Gasteiger partial charge in [0.05, 0.1) is 0 Å². The second-order valence-corrected chi connectivity index (χ2v) is 10.2. The molecule has 2 N–H and O–H groups in total. The lowest BCUT2D eigenvalue weighted by atomic mass is 9.99. The molecule has 0 aliphatic heterocycles. The first-order chi connectivity index (χ1) is 16.9. The summed E-state index contributed by atoms with van der Waals surface area (Å²) in [5.41, 5.74) is 1.51. The van der Waals surface area contributed by atoms with Crippen LogP contribution in [0.15, 0.2) is 67.3 Å². The molecule has 2 aromatic rings. The number of hydrogen-bond donors (Lipinski definition) is 2. The number of amides is 3. The molecule has 0 fully saturated rings. The van der Waals surface area contributed by atoms with E-state index in [1.54, 1.807) is 26.8 Å². The number of hydrogen-bond acceptors (Lipinski definition) is 4. The summed E-state index contributed by atoms with van der Waals surface area (Å²) in [5, 5.41) is 5.70. The monoisotopic (exact) mass is 493 g/mol. The Balaban J connectivity index is 2.46. The number of ether oxygens (including phenoxy) is 1. The van der Waals surface area contributed by atoms with Crippen molar-refractivity contribution in [2.75, 3.05) is 11.9 Å². The number of nitrogens with zero attached hydrogens (tertiary/aromatic N) is 1. The van der Waals surface area contributed by atoms with Crippen molar-refractivity contribution >= 4 is 23.6 Å². The fourth-order valence-corrected chi connectivity index (χ4v) is 3.83. The molecule has 0 aliphatic rings. The van der Waals surface area contributed by atoms with Crippen molar-refractivity contribution in [3.63, 3.8) is 0 Å². The summed E-state index contributed by atoms with van der Waals surface area (Å²) in [6, 6.07) is 14.8. The summed E-state index contributed by atoms with van der Waals surface area (Å²) in [6.45, 7) is 15.0. The predicted octanol–water partition coefficient (Wildman–Crippen LogP) is 5.63. The lowest BCUT2D eigenvalue weighted by Gasteiger charge is -2.34. The van der Waals surface area contributed by atoms with Crippen LogP contribution in [0, 0.1) is 12.8 Å². The summed E-state index contributed by atoms with van der Waals surface area (Å²) in [4.78, 5) is 41.7. The highest BCUT2D eigenvalue weighted by Crippen LogP contribution is 2.26. The Labute approximate surface area is 214 Å². The molecule has 7 nitrogen and oxygen atoms in total. The number of alkyl carbamates (subject to hydrolysis) is 1. The van der Waals surface area contributed by atoms with Crippen LogP contribution < -0.4 is 10.6 Å². The number of para-hydroxylation sites is 1. The van der Waals surface area contributed by atoms with E-state index in [0.29, 0.717) is 17.7 Å². The van der Waals surface area contributed by atoms with Crippen LogP contribution in [0.3, 0.4) is 0 Å². The van der Waals surface area contributed by atoms with E-state index >= 15 is 0 Å². The molecule has 0 saturated carbocycles. The van der Waals surface area contributed by atoms with E-state index in [2.05, 4.69) is 17.2 Å². The number of benzene rings is 2. The Morgan fingerprint density at radius 1 is 1.03 bits per heavy atom. The Hall–Kier alpha value is -3.61. The van der Waals surface area contributed by atoms with Gasteiger partial charge in [-0.1, -0.05) is 68.5 Å². The first-order valence-electron chi connectivity index (χ1n) is 12.2. The van der Waals surface area contributed by atoms with Gasteiger partial charge in [-0.15, -0.1) is 6.58 Å². The average Bonchev–Trinajstić information content (AvgIpc) is 2.78. The topological polar surface area (TPSA) is 87.7 Å². The number of anilines is 1. The molecule has 2 aromatic carbocycles. The molecule has 0 spiro atoms. The first-order valence-corrected chi connectivity index (χ1v) is 12.2. The predicted molar refractivity (Wildman–Crippen MR) is 144 cm³/mol. The minimum atomic E-state index is -0.939. The smallest absolute Gasteiger partial charge is 0.408 e. The summed E-state index contributed by atoms with van der Waals surface area (Å²) in [6.07, 6.45) is 1.28. The Bertz CT molecular complexity index is 1040. The van der Waals surface area contributed by atoms with E-state index in [9.17, 15) is 14.4 Å². The van der Waals surface area contributed by atoms with E-state index in [0.717, 1.165) is 5.56 Å². The fraction of sp³-hybridized carbons (Fsp3) is 0.414. The minimum Gasteiger partial charge on any atom is -0.444 e. The highest BCUT2D eigenvalue weighted by molar-refractivity contribution is 5.99. The molecule has 2 rings (SSSR count). The van der Waals surface area contributed by atoms with E-state index < -0.39 is 23.8 Å². The summed E-state index contributed by atoms with van der Waals surface area (Å²) in [7, 11) is 0. The zero-order valence-electron chi connectivity index (χ0n) is 22.2. The average molecular weight is 494 g/mol. The normalized spacial score (nSPS) is 12.9. The van der Waals surface area contributed by atoms with Crippen LogP contribution >= 0.6 is 0 Å². The van der Waals surface area contributed by atoms with Crippen molar-refractivity contribution in [2.45, 2.75) is 65.6 Å². The van der Waals surface area contributed by atoms with E-state index in [-0.39, 0.29) is 24.3 Å². The zero-order valence-corrected chi connectivity index (χ0v) is 22.2. The van der Waals surface area contributed by atoms with Gasteiger partial charge in [-0.05, 0) is 57.2 Å². The van der Waals surface area contributed by atoms with Crippen LogP contribution in [-0.4, -0.2) is 41.0 Å². The van der Waals surface area contributed by atoms with E-state index in [1.165, 1.54) is 4.90 Å². The molecule has 7 heteroatoms. The van der Waals surface area contributed by atoms with Crippen molar-refractivity contribution < 1.29 is 19.1 Å². The van der Waals surface area contributed by atoms with Crippen molar-refractivity contribution in [1.29, 1.82) is 0 Å². The van der Waals surface area contributed by atoms with Crippen molar-refractivity contribution in [3.8, 4) is 0 Å². The third-order valence-corrected chi connectivity index (χ3v) is 5.38. The van der Waals surface area contributed by atoms with Crippen LogP contribution in [0.2, 0.25) is 0 Å². The lowest BCUT2D eigenvalue weighted by molar-refractivity contribution is -0.140. The number of rotatable bonds is 10. The van der Waals surface area contributed by atoms with Gasteiger partial charge in [0.25, 0.3) is 5.91 Å². The quantitative estimate of drug-likeness (QED) is 0.420. The molecule has 2 atom stereocenters. The molecule has 0 saturated heterocycles. The maximum Gasteiger partial charge on any atom is 0.408 e. The van der Waals surface area contributed by atoms with Crippen LogP contribution in [0.4, 0.5) is 10.5 Å². The standard InChI is InChI=1S/C29H39N3O4/c1-8-18-32(27(34)24(19-20(2)3)31-28(35)36-29(5,6)7)25(22-15-10-9-11-16-22)26(33)30-23-17-13-12-14-21(23)4/h8-17,20,24-25H,1,18-19H2,2-7H3,(H,30,33)(H,31,35). The number of carbonyl (C=O) groups is 3. The minimum absolute atomic E-state index is 0.107. The van der Waals surface area contributed by atoms with Crippen LogP contribution in [-0.2, 0) is 14.3 Å². The Morgan fingerprint density at radius 3 is 2.19 bits per heavy atom. The highest BCUT2D eigenvalue weighted by Gasteiger charge is 2.36. The van der Waals surface area contributed by atoms with E-state index in [1.807, 2.05) is 75.4 Å².